The highest BCUT2D eigenvalue weighted by atomic mass is 32.1. The number of para-hydroxylation sites is 2. The van der Waals surface area contributed by atoms with E-state index in [1.54, 1.807) is 0 Å². The number of hydrogen-bond donors (Lipinski definition) is 0. The molecule has 0 aliphatic heterocycles. The first-order chi connectivity index (χ1) is 29.7. The molecule has 0 aliphatic rings. The summed E-state index contributed by atoms with van der Waals surface area (Å²) in [5.74, 6) is 1.87. The molecule has 0 aliphatic carbocycles. The van der Waals surface area contributed by atoms with E-state index in [1.165, 1.54) is 41.9 Å². The molecular formula is C55H34N4S. The first-order valence-electron chi connectivity index (χ1n) is 20.2. The summed E-state index contributed by atoms with van der Waals surface area (Å²) in [6.45, 7) is 0. The van der Waals surface area contributed by atoms with E-state index in [0.29, 0.717) is 17.5 Å². The quantitative estimate of drug-likeness (QED) is 0.169. The van der Waals surface area contributed by atoms with Gasteiger partial charge in [-0.05, 0) is 63.9 Å². The summed E-state index contributed by atoms with van der Waals surface area (Å²) in [6, 6.07) is 73.4. The third-order valence-corrected chi connectivity index (χ3v) is 12.8. The Bertz CT molecular complexity index is 3550. The number of rotatable bonds is 6. The average molecular weight is 783 g/mol. The van der Waals surface area contributed by atoms with E-state index < -0.39 is 0 Å². The van der Waals surface area contributed by atoms with Crippen LogP contribution in [0.15, 0.2) is 206 Å². The molecule has 280 valence electrons. The first-order valence-corrected chi connectivity index (χ1v) is 21.0. The van der Waals surface area contributed by atoms with Gasteiger partial charge in [0.25, 0.3) is 0 Å². The first kappa shape index (κ1) is 34.3. The fourth-order valence-corrected chi connectivity index (χ4v) is 9.85. The Morgan fingerprint density at radius 3 is 1.60 bits per heavy atom. The second-order valence-electron chi connectivity index (χ2n) is 15.2. The van der Waals surface area contributed by atoms with Gasteiger partial charge in [0.15, 0.2) is 17.5 Å². The molecule has 0 amide bonds. The third-order valence-electron chi connectivity index (χ3n) is 11.7. The van der Waals surface area contributed by atoms with Crippen molar-refractivity contribution in [2.24, 2.45) is 0 Å². The van der Waals surface area contributed by atoms with Crippen molar-refractivity contribution < 1.29 is 0 Å². The standard InChI is InChI=1S/C55H34N4S/c1-2-13-37(14-3-1)43-30-29-42(33-50(43)59-48-19-9-6-16-44(48)45-17-7-10-20-49(45)59)55-57-53(56-54(58-55)41-27-24-35-12-4-5-15-39(35)32-41)38-25-22-36(23-26-38)40-28-31-47-46-18-8-11-21-51(46)60-52(47)34-40/h1-34H. The van der Waals surface area contributed by atoms with Gasteiger partial charge in [-0.3, -0.25) is 0 Å². The minimum Gasteiger partial charge on any atom is -0.309 e. The van der Waals surface area contributed by atoms with Gasteiger partial charge in [0.1, 0.15) is 0 Å². The van der Waals surface area contributed by atoms with E-state index in [0.717, 1.165) is 55.5 Å². The van der Waals surface area contributed by atoms with Gasteiger partial charge in [0.05, 0.1) is 16.7 Å². The number of hydrogen-bond acceptors (Lipinski definition) is 4. The lowest BCUT2D eigenvalue weighted by atomic mass is 10.0. The van der Waals surface area contributed by atoms with Crippen LogP contribution in [0.5, 0.6) is 0 Å². The summed E-state index contributed by atoms with van der Waals surface area (Å²) in [5, 5.41) is 7.35. The third kappa shape index (κ3) is 5.78. The molecule has 0 saturated heterocycles. The molecule has 12 aromatic rings. The van der Waals surface area contributed by atoms with E-state index >= 15 is 0 Å². The van der Waals surface area contributed by atoms with Crippen LogP contribution in [-0.4, -0.2) is 19.5 Å². The molecule has 3 heterocycles. The van der Waals surface area contributed by atoms with Crippen LogP contribution in [0.1, 0.15) is 0 Å². The smallest absolute Gasteiger partial charge is 0.164 e. The summed E-state index contributed by atoms with van der Waals surface area (Å²) in [6.07, 6.45) is 0. The maximum atomic E-state index is 5.25. The molecule has 0 bridgehead atoms. The van der Waals surface area contributed by atoms with Crippen LogP contribution in [0.4, 0.5) is 0 Å². The van der Waals surface area contributed by atoms with Crippen molar-refractivity contribution in [1.29, 1.82) is 0 Å². The highest BCUT2D eigenvalue weighted by molar-refractivity contribution is 7.25. The van der Waals surface area contributed by atoms with Crippen molar-refractivity contribution in [3.8, 4) is 62.1 Å². The molecule has 0 saturated carbocycles. The second-order valence-corrected chi connectivity index (χ2v) is 16.3. The normalized spacial score (nSPS) is 11.7. The van der Waals surface area contributed by atoms with Crippen LogP contribution < -0.4 is 0 Å². The Morgan fingerprint density at radius 2 is 0.850 bits per heavy atom. The summed E-state index contributed by atoms with van der Waals surface area (Å²) in [4.78, 5) is 15.7. The lowest BCUT2D eigenvalue weighted by molar-refractivity contribution is 1.07. The van der Waals surface area contributed by atoms with Crippen LogP contribution in [-0.2, 0) is 0 Å². The molecule has 3 aromatic heterocycles. The maximum Gasteiger partial charge on any atom is 0.164 e. The topological polar surface area (TPSA) is 43.6 Å². The number of thiophene rings is 1. The van der Waals surface area contributed by atoms with Gasteiger partial charge >= 0.3 is 0 Å². The molecule has 5 heteroatoms. The minimum atomic E-state index is 0.615. The Morgan fingerprint density at radius 1 is 0.317 bits per heavy atom. The number of fused-ring (bicyclic) bond motifs is 7. The summed E-state index contributed by atoms with van der Waals surface area (Å²) in [7, 11) is 0. The van der Waals surface area contributed by atoms with E-state index in [9.17, 15) is 0 Å². The molecule has 0 N–H and O–H groups in total. The lowest BCUT2D eigenvalue weighted by Crippen LogP contribution is -2.02. The Balaban J connectivity index is 1.03. The summed E-state index contributed by atoms with van der Waals surface area (Å²) < 4.78 is 4.99. The number of aromatic nitrogens is 4. The predicted octanol–water partition coefficient (Wildman–Crippen LogP) is 14.8. The minimum absolute atomic E-state index is 0.615. The Hall–Kier alpha value is -7.73. The number of nitrogens with zero attached hydrogens (tertiary/aromatic N) is 4. The largest absolute Gasteiger partial charge is 0.309 e. The van der Waals surface area contributed by atoms with Gasteiger partial charge in [-0.2, -0.15) is 0 Å². The van der Waals surface area contributed by atoms with Gasteiger partial charge in [0, 0.05) is 53.2 Å². The fraction of sp³-hybridized carbons (Fsp3) is 0. The van der Waals surface area contributed by atoms with E-state index in [2.05, 4.69) is 211 Å². The average Bonchev–Trinajstić information content (AvgIpc) is 3.87. The summed E-state index contributed by atoms with van der Waals surface area (Å²) >= 11 is 1.84. The van der Waals surface area contributed by atoms with Crippen LogP contribution in [0.2, 0.25) is 0 Å². The zero-order valence-electron chi connectivity index (χ0n) is 32.3. The van der Waals surface area contributed by atoms with Crippen LogP contribution >= 0.6 is 11.3 Å². The maximum absolute atomic E-state index is 5.25. The van der Waals surface area contributed by atoms with Gasteiger partial charge < -0.3 is 4.57 Å². The van der Waals surface area contributed by atoms with Gasteiger partial charge in [-0.15, -0.1) is 11.3 Å². The van der Waals surface area contributed by atoms with Crippen molar-refractivity contribution in [3.63, 3.8) is 0 Å². The highest BCUT2D eigenvalue weighted by Gasteiger charge is 2.19. The van der Waals surface area contributed by atoms with Crippen LogP contribution in [0.25, 0.3) is 115 Å². The molecular weight excluding hydrogens is 749 g/mol. The molecule has 0 atom stereocenters. The van der Waals surface area contributed by atoms with Crippen molar-refractivity contribution in [2.45, 2.75) is 0 Å². The van der Waals surface area contributed by atoms with E-state index in [1.807, 2.05) is 11.3 Å². The van der Waals surface area contributed by atoms with E-state index in [4.69, 9.17) is 15.0 Å². The fourth-order valence-electron chi connectivity index (χ4n) is 8.71. The SMILES string of the molecule is c1ccc(-c2ccc(-c3nc(-c4ccc(-c5ccc6c(c5)sc5ccccc56)cc4)nc(-c4ccc5ccccc5c4)n3)cc2-n2c3ccccc3c3ccccc32)cc1. The zero-order chi connectivity index (χ0) is 39.6. The van der Waals surface area contributed by atoms with Crippen molar-refractivity contribution in [2.75, 3.05) is 0 Å². The van der Waals surface area contributed by atoms with Crippen LogP contribution in [0, 0.1) is 0 Å². The summed E-state index contributed by atoms with van der Waals surface area (Å²) in [5.41, 5.74) is 10.7. The predicted molar refractivity (Wildman–Crippen MR) is 252 cm³/mol. The molecule has 0 spiro atoms. The molecule has 12 rings (SSSR count). The Kier molecular flexibility index (Phi) is 8.00. The van der Waals surface area contributed by atoms with Crippen molar-refractivity contribution in [1.82, 2.24) is 19.5 Å². The zero-order valence-corrected chi connectivity index (χ0v) is 33.1. The lowest BCUT2D eigenvalue weighted by Gasteiger charge is -2.16. The van der Waals surface area contributed by atoms with Crippen molar-refractivity contribution in [3.05, 3.63) is 206 Å². The molecule has 0 radical (unpaired) electrons. The van der Waals surface area contributed by atoms with Gasteiger partial charge in [0.2, 0.25) is 0 Å². The van der Waals surface area contributed by atoms with E-state index in [-0.39, 0.29) is 0 Å². The van der Waals surface area contributed by atoms with Gasteiger partial charge in [-0.25, -0.2) is 15.0 Å². The molecule has 0 unspecified atom stereocenters. The van der Waals surface area contributed by atoms with Gasteiger partial charge in [-0.1, -0.05) is 170 Å². The monoisotopic (exact) mass is 782 g/mol. The Labute approximate surface area is 350 Å². The second kappa shape index (κ2) is 14.0. The molecule has 9 aromatic carbocycles. The number of benzene rings is 9. The molecule has 0 fully saturated rings. The molecule has 60 heavy (non-hydrogen) atoms. The molecule has 4 nitrogen and oxygen atoms in total. The van der Waals surface area contributed by atoms with Crippen LogP contribution in [0.3, 0.4) is 0 Å². The highest BCUT2D eigenvalue weighted by Crippen LogP contribution is 2.40. The van der Waals surface area contributed by atoms with Crippen molar-refractivity contribution >= 4 is 64.1 Å².